The first kappa shape index (κ1) is 5.39. The standard InChI is InChI=1S/C7H12N2/c1-6-2-4-7(5-3-6)8-9-7/h6H,2-5H2,1H3. The van der Waals surface area contributed by atoms with Gasteiger partial charge in [-0.3, -0.25) is 0 Å². The van der Waals surface area contributed by atoms with Crippen LogP contribution in [0.15, 0.2) is 10.2 Å². The molecule has 50 valence electrons. The van der Waals surface area contributed by atoms with Crippen molar-refractivity contribution in [3.05, 3.63) is 0 Å². The fourth-order valence-corrected chi connectivity index (χ4v) is 1.50. The van der Waals surface area contributed by atoms with E-state index in [1.54, 1.807) is 0 Å². The summed E-state index contributed by atoms with van der Waals surface area (Å²) in [5, 5.41) is 8.11. The molecule has 1 fully saturated rings. The molecular weight excluding hydrogens is 112 g/mol. The quantitative estimate of drug-likeness (QED) is 0.473. The molecule has 2 aliphatic rings. The molecule has 1 saturated carbocycles. The van der Waals surface area contributed by atoms with Crippen LogP contribution in [0.25, 0.3) is 0 Å². The van der Waals surface area contributed by atoms with Gasteiger partial charge in [0.1, 0.15) is 0 Å². The smallest absolute Gasteiger partial charge is 0.159 e. The van der Waals surface area contributed by atoms with Gasteiger partial charge in [0.15, 0.2) is 5.66 Å². The molecule has 0 aromatic carbocycles. The zero-order chi connectivity index (χ0) is 6.32. The second-order valence-electron chi connectivity index (χ2n) is 3.36. The van der Waals surface area contributed by atoms with Crippen LogP contribution >= 0.6 is 0 Å². The van der Waals surface area contributed by atoms with Crippen molar-refractivity contribution in [2.24, 2.45) is 16.1 Å². The molecule has 2 heteroatoms. The van der Waals surface area contributed by atoms with Crippen molar-refractivity contribution in [1.29, 1.82) is 0 Å². The van der Waals surface area contributed by atoms with Gasteiger partial charge in [-0.2, -0.15) is 10.2 Å². The molecule has 1 heterocycles. The first-order valence-corrected chi connectivity index (χ1v) is 3.75. The maximum atomic E-state index is 4.05. The molecular formula is C7H12N2. The minimum absolute atomic E-state index is 0.159. The Bertz CT molecular complexity index is 135. The zero-order valence-corrected chi connectivity index (χ0v) is 5.80. The van der Waals surface area contributed by atoms with E-state index in [2.05, 4.69) is 17.2 Å². The molecule has 0 saturated heterocycles. The summed E-state index contributed by atoms with van der Waals surface area (Å²) < 4.78 is 0. The van der Waals surface area contributed by atoms with Crippen LogP contribution in [-0.2, 0) is 0 Å². The Labute approximate surface area is 55.4 Å². The highest BCUT2D eigenvalue weighted by Gasteiger charge is 2.42. The van der Waals surface area contributed by atoms with Crippen molar-refractivity contribution in [3.63, 3.8) is 0 Å². The highest BCUT2D eigenvalue weighted by Crippen LogP contribution is 2.43. The summed E-state index contributed by atoms with van der Waals surface area (Å²) in [5.41, 5.74) is 0.159. The van der Waals surface area contributed by atoms with Crippen LogP contribution in [0.5, 0.6) is 0 Å². The second-order valence-corrected chi connectivity index (χ2v) is 3.36. The van der Waals surface area contributed by atoms with Gasteiger partial charge in [-0.05, 0) is 31.6 Å². The monoisotopic (exact) mass is 124 g/mol. The van der Waals surface area contributed by atoms with Crippen LogP contribution < -0.4 is 0 Å². The zero-order valence-electron chi connectivity index (χ0n) is 5.80. The van der Waals surface area contributed by atoms with Gasteiger partial charge in [0.05, 0.1) is 0 Å². The molecule has 0 atom stereocenters. The van der Waals surface area contributed by atoms with E-state index in [0.29, 0.717) is 0 Å². The van der Waals surface area contributed by atoms with Gasteiger partial charge in [0.25, 0.3) is 0 Å². The number of rotatable bonds is 0. The number of nitrogens with zero attached hydrogens (tertiary/aromatic N) is 2. The number of hydrogen-bond donors (Lipinski definition) is 0. The van der Waals surface area contributed by atoms with Crippen LogP contribution in [0.1, 0.15) is 32.6 Å². The topological polar surface area (TPSA) is 24.7 Å². The Morgan fingerprint density at radius 2 is 1.78 bits per heavy atom. The van der Waals surface area contributed by atoms with Crippen molar-refractivity contribution in [2.75, 3.05) is 0 Å². The van der Waals surface area contributed by atoms with Crippen molar-refractivity contribution in [2.45, 2.75) is 38.3 Å². The van der Waals surface area contributed by atoms with E-state index in [-0.39, 0.29) is 5.66 Å². The average molecular weight is 124 g/mol. The minimum atomic E-state index is 0.159. The molecule has 0 N–H and O–H groups in total. The predicted molar refractivity (Wildman–Crippen MR) is 35.2 cm³/mol. The lowest BCUT2D eigenvalue weighted by Crippen LogP contribution is -2.19. The highest BCUT2D eigenvalue weighted by atomic mass is 15.4. The van der Waals surface area contributed by atoms with E-state index in [9.17, 15) is 0 Å². The largest absolute Gasteiger partial charge is 0.191 e. The van der Waals surface area contributed by atoms with Crippen LogP contribution in [0, 0.1) is 5.92 Å². The normalized spacial score (nSPS) is 31.2. The maximum Gasteiger partial charge on any atom is 0.191 e. The fraction of sp³-hybridized carbons (Fsp3) is 1.00. The van der Waals surface area contributed by atoms with E-state index < -0.39 is 0 Å². The Hall–Kier alpha value is -0.400. The SMILES string of the molecule is CC1CCC2(CC1)N=N2. The van der Waals surface area contributed by atoms with Gasteiger partial charge < -0.3 is 0 Å². The summed E-state index contributed by atoms with van der Waals surface area (Å²) in [4.78, 5) is 0. The van der Waals surface area contributed by atoms with E-state index in [4.69, 9.17) is 0 Å². The first-order valence-electron chi connectivity index (χ1n) is 3.75. The van der Waals surface area contributed by atoms with Gasteiger partial charge in [-0.1, -0.05) is 6.92 Å². The Kier molecular flexibility index (Phi) is 0.930. The average Bonchev–Trinajstić information content (AvgIpc) is 2.60. The summed E-state index contributed by atoms with van der Waals surface area (Å²) in [7, 11) is 0. The molecule has 0 amide bonds. The van der Waals surface area contributed by atoms with Gasteiger partial charge in [-0.25, -0.2) is 0 Å². The lowest BCUT2D eigenvalue weighted by atomic mass is 9.85. The summed E-state index contributed by atoms with van der Waals surface area (Å²) in [6, 6.07) is 0. The minimum Gasteiger partial charge on any atom is -0.159 e. The Morgan fingerprint density at radius 3 is 2.22 bits per heavy atom. The van der Waals surface area contributed by atoms with E-state index in [0.717, 1.165) is 5.92 Å². The summed E-state index contributed by atoms with van der Waals surface area (Å²) in [6.45, 7) is 2.31. The van der Waals surface area contributed by atoms with Crippen molar-refractivity contribution in [1.82, 2.24) is 0 Å². The van der Waals surface area contributed by atoms with Gasteiger partial charge >= 0.3 is 0 Å². The van der Waals surface area contributed by atoms with Crippen molar-refractivity contribution in [3.8, 4) is 0 Å². The summed E-state index contributed by atoms with van der Waals surface area (Å²) in [6.07, 6.45) is 5.09. The third-order valence-corrected chi connectivity index (χ3v) is 2.46. The molecule has 0 unspecified atom stereocenters. The number of hydrogen-bond acceptors (Lipinski definition) is 2. The van der Waals surface area contributed by atoms with E-state index in [1.807, 2.05) is 0 Å². The van der Waals surface area contributed by atoms with Gasteiger partial charge in [-0.15, -0.1) is 0 Å². The van der Waals surface area contributed by atoms with Crippen molar-refractivity contribution < 1.29 is 0 Å². The van der Waals surface area contributed by atoms with Crippen LogP contribution in [0.4, 0.5) is 0 Å². The summed E-state index contributed by atoms with van der Waals surface area (Å²) in [5.74, 6) is 0.918. The van der Waals surface area contributed by atoms with E-state index >= 15 is 0 Å². The van der Waals surface area contributed by atoms with Gasteiger partial charge in [0.2, 0.25) is 0 Å². The molecule has 1 aliphatic heterocycles. The molecule has 1 spiro atoms. The highest BCUT2D eigenvalue weighted by molar-refractivity contribution is 4.96. The predicted octanol–water partition coefficient (Wildman–Crippen LogP) is 2.36. The Balaban J connectivity index is 1.92. The van der Waals surface area contributed by atoms with E-state index in [1.165, 1.54) is 25.7 Å². The third-order valence-electron chi connectivity index (χ3n) is 2.46. The molecule has 1 aliphatic carbocycles. The van der Waals surface area contributed by atoms with Crippen LogP contribution in [0.3, 0.4) is 0 Å². The molecule has 0 radical (unpaired) electrons. The molecule has 2 rings (SSSR count). The lowest BCUT2D eigenvalue weighted by Gasteiger charge is -2.21. The Morgan fingerprint density at radius 1 is 1.22 bits per heavy atom. The second kappa shape index (κ2) is 1.55. The first-order chi connectivity index (χ1) is 4.31. The molecule has 0 aromatic rings. The summed E-state index contributed by atoms with van der Waals surface area (Å²) >= 11 is 0. The fourth-order valence-electron chi connectivity index (χ4n) is 1.50. The van der Waals surface area contributed by atoms with Gasteiger partial charge in [0, 0.05) is 0 Å². The molecule has 0 bridgehead atoms. The van der Waals surface area contributed by atoms with Crippen LogP contribution in [-0.4, -0.2) is 5.66 Å². The maximum absolute atomic E-state index is 4.05. The van der Waals surface area contributed by atoms with Crippen molar-refractivity contribution >= 4 is 0 Å². The van der Waals surface area contributed by atoms with Crippen LogP contribution in [0.2, 0.25) is 0 Å². The lowest BCUT2D eigenvalue weighted by molar-refractivity contribution is 0.316. The molecule has 9 heavy (non-hydrogen) atoms. The third kappa shape index (κ3) is 0.865. The molecule has 0 aromatic heterocycles. The molecule has 2 nitrogen and oxygen atoms in total.